The maximum atomic E-state index is 12.7. The van der Waals surface area contributed by atoms with E-state index in [0.717, 1.165) is 43.5 Å². The largest absolute Gasteiger partial charge is 0.423 e. The van der Waals surface area contributed by atoms with Gasteiger partial charge in [-0.3, -0.25) is 9.69 Å². The van der Waals surface area contributed by atoms with Gasteiger partial charge in [-0.2, -0.15) is 0 Å². The number of hydrogen-bond donors (Lipinski definition) is 0. The summed E-state index contributed by atoms with van der Waals surface area (Å²) < 4.78 is 5.21. The van der Waals surface area contributed by atoms with E-state index in [1.54, 1.807) is 18.2 Å². The number of rotatable bonds is 5. The fourth-order valence-corrected chi connectivity index (χ4v) is 4.47. The van der Waals surface area contributed by atoms with Crippen molar-refractivity contribution in [2.45, 2.75) is 38.8 Å². The molecule has 5 nitrogen and oxygen atoms in total. The Morgan fingerprint density at radius 1 is 1.06 bits per heavy atom. The van der Waals surface area contributed by atoms with Crippen LogP contribution in [0.4, 0.5) is 5.69 Å². The van der Waals surface area contributed by atoms with Crippen LogP contribution in [0.5, 0.6) is 0 Å². The molecule has 3 aromatic rings. The van der Waals surface area contributed by atoms with E-state index >= 15 is 0 Å². The Morgan fingerprint density at radius 2 is 1.84 bits per heavy atom. The summed E-state index contributed by atoms with van der Waals surface area (Å²) >= 11 is 12.3. The normalized spacial score (nSPS) is 15.3. The molecule has 1 amide bonds. The molecule has 2 heterocycles. The van der Waals surface area contributed by atoms with E-state index in [9.17, 15) is 9.59 Å². The molecule has 1 aliphatic rings. The third-order valence-electron chi connectivity index (χ3n) is 5.76. The number of amides is 1. The fraction of sp³-hybridized carbons (Fsp3) is 0.333. The van der Waals surface area contributed by atoms with E-state index in [4.69, 9.17) is 27.6 Å². The lowest BCUT2D eigenvalue weighted by molar-refractivity contribution is -0.119. The number of likely N-dealkylation sites (tertiary alicyclic amines) is 1. The summed E-state index contributed by atoms with van der Waals surface area (Å²) in [5.74, 6) is 0.0906. The van der Waals surface area contributed by atoms with E-state index in [2.05, 4.69) is 11.0 Å². The highest BCUT2D eigenvalue weighted by molar-refractivity contribution is 6.42. The highest BCUT2D eigenvalue weighted by Gasteiger charge is 2.28. The lowest BCUT2D eigenvalue weighted by Gasteiger charge is -2.38. The number of hydrogen-bond acceptors (Lipinski definition) is 4. The number of piperidine rings is 1. The predicted octanol–water partition coefficient (Wildman–Crippen LogP) is 5.51. The van der Waals surface area contributed by atoms with Gasteiger partial charge in [-0.15, -0.1) is 0 Å². The van der Waals surface area contributed by atoms with Crippen molar-refractivity contribution in [2.24, 2.45) is 0 Å². The Kier molecular flexibility index (Phi) is 6.65. The van der Waals surface area contributed by atoms with Gasteiger partial charge in [-0.25, -0.2) is 4.79 Å². The molecule has 1 fully saturated rings. The number of carbonyl (C=O) groups excluding carboxylic acids is 1. The van der Waals surface area contributed by atoms with Crippen LogP contribution in [0.25, 0.3) is 11.0 Å². The van der Waals surface area contributed by atoms with E-state index in [0.29, 0.717) is 22.0 Å². The monoisotopic (exact) mass is 458 g/mol. The Balaban J connectivity index is 1.45. The van der Waals surface area contributed by atoms with Gasteiger partial charge in [0.1, 0.15) is 5.58 Å². The molecule has 7 heteroatoms. The summed E-state index contributed by atoms with van der Waals surface area (Å²) in [6.07, 6.45) is 2.20. The quantitative estimate of drug-likeness (QED) is 0.473. The van der Waals surface area contributed by atoms with E-state index in [1.165, 1.54) is 11.6 Å². The van der Waals surface area contributed by atoms with Gasteiger partial charge < -0.3 is 9.32 Å². The minimum absolute atomic E-state index is 0.0906. The third-order valence-corrected chi connectivity index (χ3v) is 6.50. The topological polar surface area (TPSA) is 53.8 Å². The number of carbonyl (C=O) groups is 1. The van der Waals surface area contributed by atoms with Gasteiger partial charge in [0, 0.05) is 49.2 Å². The van der Waals surface area contributed by atoms with Crippen LogP contribution in [0.1, 0.15) is 31.7 Å². The first-order chi connectivity index (χ1) is 14.9. The molecule has 0 atom stereocenters. The lowest BCUT2D eigenvalue weighted by atomic mass is 10.0. The molecule has 0 bridgehead atoms. The summed E-state index contributed by atoms with van der Waals surface area (Å²) in [6, 6.07) is 14.7. The Labute approximate surface area is 191 Å². The molecule has 0 aliphatic carbocycles. The zero-order valence-corrected chi connectivity index (χ0v) is 18.8. The molecule has 0 unspecified atom stereocenters. The summed E-state index contributed by atoms with van der Waals surface area (Å²) in [5.41, 5.74) is 2.24. The first kappa shape index (κ1) is 21.9. The molecule has 0 spiro atoms. The molecule has 162 valence electrons. The van der Waals surface area contributed by atoms with Crippen LogP contribution in [-0.2, 0) is 11.3 Å². The Bertz CT molecular complexity index is 1150. The van der Waals surface area contributed by atoms with Gasteiger partial charge in [0.25, 0.3) is 0 Å². The van der Waals surface area contributed by atoms with Crippen LogP contribution in [0.2, 0.25) is 10.0 Å². The SMILES string of the molecule is CCC(=O)N(c1ccc(Cl)c(Cl)c1)C1CCN(Cc2ccc3oc(=O)ccc3c2)CC1. The number of anilines is 1. The fourth-order valence-electron chi connectivity index (χ4n) is 4.18. The molecular formula is C24H24Cl2N2O3. The summed E-state index contributed by atoms with van der Waals surface area (Å²) in [5, 5.41) is 1.86. The summed E-state index contributed by atoms with van der Waals surface area (Å²) in [7, 11) is 0. The van der Waals surface area contributed by atoms with Crippen molar-refractivity contribution in [3.63, 3.8) is 0 Å². The van der Waals surface area contributed by atoms with Crippen LogP contribution in [0.15, 0.2) is 57.7 Å². The number of halogens is 2. The van der Waals surface area contributed by atoms with Crippen molar-refractivity contribution in [2.75, 3.05) is 18.0 Å². The van der Waals surface area contributed by atoms with Crippen molar-refractivity contribution in [3.8, 4) is 0 Å². The molecule has 2 aromatic carbocycles. The maximum absolute atomic E-state index is 12.7. The van der Waals surface area contributed by atoms with Crippen LogP contribution in [-0.4, -0.2) is 29.9 Å². The summed E-state index contributed by atoms with van der Waals surface area (Å²) in [4.78, 5) is 28.4. The molecule has 31 heavy (non-hydrogen) atoms. The average molecular weight is 459 g/mol. The van der Waals surface area contributed by atoms with Crippen LogP contribution >= 0.6 is 23.2 Å². The molecule has 1 aliphatic heterocycles. The number of fused-ring (bicyclic) bond motifs is 1. The Morgan fingerprint density at radius 3 is 2.55 bits per heavy atom. The lowest BCUT2D eigenvalue weighted by Crippen LogP contribution is -2.47. The van der Waals surface area contributed by atoms with Gasteiger partial charge in [0.05, 0.1) is 10.0 Å². The minimum atomic E-state index is -0.338. The molecule has 4 rings (SSSR count). The maximum Gasteiger partial charge on any atom is 0.336 e. The van der Waals surface area contributed by atoms with Gasteiger partial charge in [-0.05, 0) is 54.8 Å². The number of benzene rings is 2. The molecule has 0 N–H and O–H groups in total. The molecule has 0 radical (unpaired) electrons. The number of nitrogens with zero attached hydrogens (tertiary/aromatic N) is 2. The highest BCUT2D eigenvalue weighted by atomic mass is 35.5. The van der Waals surface area contributed by atoms with Crippen molar-refractivity contribution in [1.82, 2.24) is 4.90 Å². The van der Waals surface area contributed by atoms with Gasteiger partial charge in [-0.1, -0.05) is 36.2 Å². The predicted molar refractivity (Wildman–Crippen MR) is 125 cm³/mol. The van der Waals surface area contributed by atoms with Crippen LogP contribution in [0, 0.1) is 0 Å². The molecule has 1 saturated heterocycles. The molecular weight excluding hydrogens is 435 g/mol. The van der Waals surface area contributed by atoms with Crippen molar-refractivity contribution in [1.29, 1.82) is 0 Å². The van der Waals surface area contributed by atoms with Crippen LogP contribution < -0.4 is 10.5 Å². The zero-order chi connectivity index (χ0) is 22.0. The smallest absolute Gasteiger partial charge is 0.336 e. The van der Waals surface area contributed by atoms with Crippen LogP contribution in [0.3, 0.4) is 0 Å². The second kappa shape index (κ2) is 9.43. The standard InChI is InChI=1S/C24H24Cl2N2O3/c1-2-23(29)28(19-5-6-20(25)21(26)14-19)18-9-11-27(12-10-18)15-16-3-7-22-17(13-16)4-8-24(30)31-22/h3-8,13-14,18H,2,9-12,15H2,1H3. The second-order valence-electron chi connectivity index (χ2n) is 7.85. The first-order valence-corrected chi connectivity index (χ1v) is 11.2. The van der Waals surface area contributed by atoms with Crippen molar-refractivity contribution < 1.29 is 9.21 Å². The van der Waals surface area contributed by atoms with E-state index in [-0.39, 0.29) is 17.6 Å². The Hall–Kier alpha value is -2.34. The minimum Gasteiger partial charge on any atom is -0.423 e. The van der Waals surface area contributed by atoms with Gasteiger partial charge >= 0.3 is 5.63 Å². The third kappa shape index (κ3) is 4.95. The zero-order valence-electron chi connectivity index (χ0n) is 17.3. The van der Waals surface area contributed by atoms with E-state index in [1.807, 2.05) is 30.0 Å². The van der Waals surface area contributed by atoms with Gasteiger partial charge in [0.15, 0.2) is 0 Å². The van der Waals surface area contributed by atoms with E-state index < -0.39 is 0 Å². The highest BCUT2D eigenvalue weighted by Crippen LogP contribution is 2.31. The molecule has 1 aromatic heterocycles. The first-order valence-electron chi connectivity index (χ1n) is 10.5. The van der Waals surface area contributed by atoms with Crippen molar-refractivity contribution >= 4 is 45.8 Å². The second-order valence-corrected chi connectivity index (χ2v) is 8.66. The molecule has 0 saturated carbocycles. The van der Waals surface area contributed by atoms with Crippen molar-refractivity contribution in [3.05, 3.63) is 74.6 Å². The average Bonchev–Trinajstić information content (AvgIpc) is 2.77. The summed E-state index contributed by atoms with van der Waals surface area (Å²) in [6.45, 7) is 4.48. The van der Waals surface area contributed by atoms with Gasteiger partial charge in [0.2, 0.25) is 5.91 Å².